The number of nitrogen functional groups attached to an aromatic ring is 1. The van der Waals surface area contributed by atoms with Crippen LogP contribution in [0.3, 0.4) is 0 Å². The van der Waals surface area contributed by atoms with Gasteiger partial charge in [0, 0.05) is 0 Å². The summed E-state index contributed by atoms with van der Waals surface area (Å²) in [5, 5.41) is 6.09. The van der Waals surface area contributed by atoms with E-state index >= 15 is 0 Å². The fraction of sp³-hybridized carbons (Fsp3) is 0.167. The van der Waals surface area contributed by atoms with Gasteiger partial charge in [-0.25, -0.2) is 14.5 Å². The molecule has 3 aromatic rings. The largest absolute Gasteiger partial charge is 0.490 e. The summed E-state index contributed by atoms with van der Waals surface area (Å²) >= 11 is 1.32. The van der Waals surface area contributed by atoms with Crippen molar-refractivity contribution in [3.63, 3.8) is 0 Å². The van der Waals surface area contributed by atoms with Crippen LogP contribution >= 0.6 is 11.3 Å². The number of nitrogens with zero attached hydrogens (tertiary/aromatic N) is 3. The normalized spacial score (nSPS) is 11.0. The van der Waals surface area contributed by atoms with Crippen molar-refractivity contribution < 1.29 is 14.3 Å². The minimum absolute atomic E-state index is 0.310. The van der Waals surface area contributed by atoms with E-state index in [9.17, 15) is 4.79 Å². The first-order valence-corrected chi connectivity index (χ1v) is 8.83. The Morgan fingerprint density at radius 2 is 2.23 bits per heavy atom. The maximum atomic E-state index is 12.1. The second kappa shape index (κ2) is 7.83. The molecule has 0 saturated heterocycles. The summed E-state index contributed by atoms with van der Waals surface area (Å²) in [5.74, 6) is 0.728. The lowest BCUT2D eigenvalue weighted by Crippen LogP contribution is -2.08. The summed E-state index contributed by atoms with van der Waals surface area (Å²) in [4.78, 5) is 16.8. The molecule has 0 aliphatic rings. The second-order valence-corrected chi connectivity index (χ2v) is 6.28. The number of imidazole rings is 1. The monoisotopic (exact) mass is 370 g/mol. The molecule has 2 heterocycles. The number of esters is 1. The summed E-state index contributed by atoms with van der Waals surface area (Å²) in [6.07, 6.45) is 3.36. The summed E-state index contributed by atoms with van der Waals surface area (Å²) in [6, 6.07) is 8.73. The second-order valence-electron chi connectivity index (χ2n) is 5.34. The van der Waals surface area contributed by atoms with Gasteiger partial charge in [0.05, 0.1) is 24.7 Å². The average molecular weight is 370 g/mol. The zero-order valence-corrected chi connectivity index (χ0v) is 15.2. The van der Waals surface area contributed by atoms with Gasteiger partial charge in [-0.05, 0) is 49.1 Å². The molecule has 0 radical (unpaired) electrons. The Balaban J connectivity index is 1.82. The van der Waals surface area contributed by atoms with Crippen LogP contribution in [0, 0.1) is 6.92 Å². The SMILES string of the molecule is CCOc1cc(C=Nn2cc(C)nc2N)ccc1OC(=O)c1cccs1. The molecular formula is C18H18N4O3S. The number of rotatable bonds is 6. The van der Waals surface area contributed by atoms with Gasteiger partial charge in [-0.15, -0.1) is 11.3 Å². The molecule has 0 saturated carbocycles. The number of thiophene rings is 1. The van der Waals surface area contributed by atoms with Gasteiger partial charge in [0.2, 0.25) is 5.95 Å². The van der Waals surface area contributed by atoms with Gasteiger partial charge in [0.25, 0.3) is 0 Å². The fourth-order valence-electron chi connectivity index (χ4n) is 2.23. The van der Waals surface area contributed by atoms with E-state index < -0.39 is 5.97 Å². The first-order chi connectivity index (χ1) is 12.6. The van der Waals surface area contributed by atoms with Crippen molar-refractivity contribution in [1.29, 1.82) is 0 Å². The smallest absolute Gasteiger partial charge is 0.353 e. The quantitative estimate of drug-likeness (QED) is 0.408. The summed E-state index contributed by atoms with van der Waals surface area (Å²) < 4.78 is 12.5. The highest BCUT2D eigenvalue weighted by molar-refractivity contribution is 7.12. The minimum Gasteiger partial charge on any atom is -0.490 e. The van der Waals surface area contributed by atoms with Crippen LogP contribution in [0.25, 0.3) is 0 Å². The van der Waals surface area contributed by atoms with Crippen LogP contribution in [-0.4, -0.2) is 28.5 Å². The zero-order valence-electron chi connectivity index (χ0n) is 14.4. The number of benzene rings is 1. The summed E-state index contributed by atoms with van der Waals surface area (Å²) in [6.45, 7) is 4.14. The van der Waals surface area contributed by atoms with E-state index in [0.717, 1.165) is 11.3 Å². The highest BCUT2D eigenvalue weighted by Gasteiger charge is 2.14. The Bertz CT molecular complexity index is 932. The predicted molar refractivity (Wildman–Crippen MR) is 101 cm³/mol. The maximum Gasteiger partial charge on any atom is 0.353 e. The molecule has 7 nitrogen and oxygen atoms in total. The molecule has 0 unspecified atom stereocenters. The predicted octanol–water partition coefficient (Wildman–Crippen LogP) is 3.34. The number of carbonyl (C=O) groups excluding carboxylic acids is 1. The van der Waals surface area contributed by atoms with E-state index in [0.29, 0.717) is 28.9 Å². The number of anilines is 1. The number of carbonyl (C=O) groups is 1. The van der Waals surface area contributed by atoms with Gasteiger partial charge in [0.1, 0.15) is 4.88 Å². The lowest BCUT2D eigenvalue weighted by Gasteiger charge is -2.10. The van der Waals surface area contributed by atoms with Crippen molar-refractivity contribution in [3.05, 3.63) is 58.0 Å². The lowest BCUT2D eigenvalue weighted by molar-refractivity contribution is 0.0733. The van der Waals surface area contributed by atoms with E-state index in [1.54, 1.807) is 42.7 Å². The number of hydrogen-bond acceptors (Lipinski definition) is 7. The van der Waals surface area contributed by atoms with Crippen molar-refractivity contribution >= 4 is 29.5 Å². The molecular weight excluding hydrogens is 352 g/mol. The zero-order chi connectivity index (χ0) is 18.5. The Morgan fingerprint density at radius 1 is 1.38 bits per heavy atom. The number of ether oxygens (including phenoxy) is 2. The number of aryl methyl sites for hydroxylation is 1. The molecule has 0 amide bonds. The first-order valence-electron chi connectivity index (χ1n) is 7.95. The van der Waals surface area contributed by atoms with E-state index in [4.69, 9.17) is 15.2 Å². The standard InChI is InChI=1S/C18H18N4O3S/c1-3-24-15-9-13(10-20-22-11-12(2)21-18(22)19)6-7-14(15)25-17(23)16-5-4-8-26-16/h4-11H,3H2,1-2H3,(H2,19,21). The molecule has 2 N–H and O–H groups in total. The maximum absolute atomic E-state index is 12.1. The third-order valence-corrected chi connectivity index (χ3v) is 4.21. The van der Waals surface area contributed by atoms with Gasteiger partial charge in [-0.1, -0.05) is 6.07 Å². The Labute approximate surface area is 154 Å². The average Bonchev–Trinajstić information content (AvgIpc) is 3.25. The Morgan fingerprint density at radius 3 is 2.88 bits per heavy atom. The molecule has 0 aliphatic carbocycles. The highest BCUT2D eigenvalue weighted by atomic mass is 32.1. The number of nitrogens with two attached hydrogens (primary N) is 1. The molecule has 3 rings (SSSR count). The van der Waals surface area contributed by atoms with Crippen LogP contribution in [0.4, 0.5) is 5.95 Å². The van der Waals surface area contributed by atoms with Crippen LogP contribution in [-0.2, 0) is 0 Å². The van der Waals surface area contributed by atoms with Gasteiger partial charge in [-0.2, -0.15) is 5.10 Å². The van der Waals surface area contributed by atoms with Crippen molar-refractivity contribution in [3.8, 4) is 11.5 Å². The van der Waals surface area contributed by atoms with Crippen molar-refractivity contribution in [2.24, 2.45) is 5.10 Å². The molecule has 0 atom stereocenters. The van der Waals surface area contributed by atoms with Crippen LogP contribution in [0.5, 0.6) is 11.5 Å². The highest BCUT2D eigenvalue weighted by Crippen LogP contribution is 2.29. The minimum atomic E-state index is -0.413. The van der Waals surface area contributed by atoms with Crippen LogP contribution in [0.15, 0.2) is 47.0 Å². The molecule has 2 aromatic heterocycles. The number of hydrogen-bond donors (Lipinski definition) is 1. The van der Waals surface area contributed by atoms with Crippen molar-refractivity contribution in [2.75, 3.05) is 12.3 Å². The van der Waals surface area contributed by atoms with Crippen molar-refractivity contribution in [2.45, 2.75) is 13.8 Å². The van der Waals surface area contributed by atoms with E-state index in [1.807, 2.05) is 19.2 Å². The van der Waals surface area contributed by atoms with E-state index in [2.05, 4.69) is 10.1 Å². The third-order valence-electron chi connectivity index (χ3n) is 3.36. The van der Waals surface area contributed by atoms with Crippen LogP contribution < -0.4 is 15.2 Å². The third kappa shape index (κ3) is 4.09. The summed E-state index contributed by atoms with van der Waals surface area (Å²) in [5.41, 5.74) is 7.32. The first kappa shape index (κ1) is 17.7. The Kier molecular flexibility index (Phi) is 5.33. The molecule has 8 heteroatoms. The molecule has 0 aliphatic heterocycles. The van der Waals surface area contributed by atoms with Gasteiger partial charge in [-0.3, -0.25) is 0 Å². The fourth-order valence-corrected chi connectivity index (χ4v) is 2.83. The van der Waals surface area contributed by atoms with Crippen LogP contribution in [0.2, 0.25) is 0 Å². The number of aromatic nitrogens is 2. The molecule has 26 heavy (non-hydrogen) atoms. The van der Waals surface area contributed by atoms with Gasteiger partial charge < -0.3 is 15.2 Å². The van der Waals surface area contributed by atoms with E-state index in [1.165, 1.54) is 16.0 Å². The topological polar surface area (TPSA) is 91.7 Å². The van der Waals surface area contributed by atoms with E-state index in [-0.39, 0.29) is 0 Å². The Hall–Kier alpha value is -3.13. The van der Waals surface area contributed by atoms with Gasteiger partial charge in [0.15, 0.2) is 11.5 Å². The molecule has 134 valence electrons. The summed E-state index contributed by atoms with van der Waals surface area (Å²) in [7, 11) is 0. The molecule has 0 spiro atoms. The lowest BCUT2D eigenvalue weighted by atomic mass is 10.2. The molecule has 0 fully saturated rings. The molecule has 1 aromatic carbocycles. The molecule has 0 bridgehead atoms. The van der Waals surface area contributed by atoms with Gasteiger partial charge >= 0.3 is 5.97 Å². The van der Waals surface area contributed by atoms with Crippen molar-refractivity contribution in [1.82, 2.24) is 9.66 Å². The van der Waals surface area contributed by atoms with Crippen LogP contribution in [0.1, 0.15) is 27.9 Å².